The lowest BCUT2D eigenvalue weighted by Crippen LogP contribution is -2.60. The number of hydrogen-bond donors (Lipinski definition) is 2. The summed E-state index contributed by atoms with van der Waals surface area (Å²) in [7, 11) is 0. The molecule has 6 rings (SSSR count). The van der Waals surface area contributed by atoms with Crippen LogP contribution in [0.25, 0.3) is 11.4 Å². The van der Waals surface area contributed by atoms with Crippen molar-refractivity contribution in [3.8, 4) is 11.4 Å². The van der Waals surface area contributed by atoms with Crippen molar-refractivity contribution in [2.75, 3.05) is 5.75 Å². The van der Waals surface area contributed by atoms with Crippen LogP contribution in [0.15, 0.2) is 29.4 Å². The molecule has 4 fully saturated rings. The standard InChI is InChI=1S/C22H28N4OS/c1-2-14-3-5-18(6-4-14)20-23-21(26-25-20)28-13-19(27)24-22-10-15-7-16(11-22)9-17(8-15)12-22/h3-6,15-17H,2,7-13H2,1H3,(H,24,27)(H,23,25,26). The lowest BCUT2D eigenvalue weighted by atomic mass is 9.53. The van der Waals surface area contributed by atoms with Crippen molar-refractivity contribution in [1.29, 1.82) is 0 Å². The Bertz CT molecular complexity index is 824. The fraction of sp³-hybridized carbons (Fsp3) is 0.591. The number of amides is 1. The van der Waals surface area contributed by atoms with Gasteiger partial charge < -0.3 is 5.32 Å². The van der Waals surface area contributed by atoms with Gasteiger partial charge in [0.15, 0.2) is 5.82 Å². The molecule has 0 atom stereocenters. The Balaban J connectivity index is 1.18. The van der Waals surface area contributed by atoms with E-state index in [-0.39, 0.29) is 11.4 Å². The molecule has 5 nitrogen and oxygen atoms in total. The smallest absolute Gasteiger partial charge is 0.230 e. The third-order valence-corrected chi connectivity index (χ3v) is 7.72. The van der Waals surface area contributed by atoms with Crippen molar-refractivity contribution in [3.63, 3.8) is 0 Å². The molecule has 4 saturated carbocycles. The second-order valence-corrected chi connectivity index (χ2v) is 9.99. The fourth-order valence-corrected chi connectivity index (χ4v) is 6.66. The number of aryl methyl sites for hydroxylation is 1. The van der Waals surface area contributed by atoms with Crippen LogP contribution in [0.5, 0.6) is 0 Å². The van der Waals surface area contributed by atoms with E-state index in [1.165, 1.54) is 55.9 Å². The van der Waals surface area contributed by atoms with Gasteiger partial charge in [-0.15, -0.1) is 5.10 Å². The first-order valence-electron chi connectivity index (χ1n) is 10.6. The highest BCUT2D eigenvalue weighted by Crippen LogP contribution is 2.55. The summed E-state index contributed by atoms with van der Waals surface area (Å²) in [6.45, 7) is 2.15. The van der Waals surface area contributed by atoms with Gasteiger partial charge in [0, 0.05) is 11.1 Å². The fourth-order valence-electron chi connectivity index (χ4n) is 6.06. The van der Waals surface area contributed by atoms with Crippen molar-refractivity contribution < 1.29 is 4.79 Å². The SMILES string of the molecule is CCc1ccc(-c2nc(SCC(=O)NC34CC5CC(CC(C5)C3)C4)n[nH]2)cc1. The van der Waals surface area contributed by atoms with Crippen LogP contribution in [0.1, 0.15) is 51.0 Å². The molecule has 4 bridgehead atoms. The van der Waals surface area contributed by atoms with Crippen molar-refractivity contribution in [2.24, 2.45) is 17.8 Å². The lowest BCUT2D eigenvalue weighted by molar-refractivity contribution is -0.124. The maximum Gasteiger partial charge on any atom is 0.230 e. The zero-order valence-corrected chi connectivity index (χ0v) is 17.2. The van der Waals surface area contributed by atoms with Gasteiger partial charge in [0.1, 0.15) is 0 Å². The number of carbonyl (C=O) groups is 1. The molecule has 2 N–H and O–H groups in total. The summed E-state index contributed by atoms with van der Waals surface area (Å²) in [5.74, 6) is 3.79. The third-order valence-electron chi connectivity index (χ3n) is 6.88. The van der Waals surface area contributed by atoms with Gasteiger partial charge in [-0.25, -0.2) is 4.98 Å². The number of nitrogens with one attached hydrogen (secondary N) is 2. The minimum Gasteiger partial charge on any atom is -0.350 e. The van der Waals surface area contributed by atoms with Crippen LogP contribution in [-0.2, 0) is 11.2 Å². The number of aromatic nitrogens is 3. The van der Waals surface area contributed by atoms with E-state index in [0.717, 1.165) is 35.6 Å². The topological polar surface area (TPSA) is 70.7 Å². The molecule has 1 aromatic carbocycles. The van der Waals surface area contributed by atoms with Crippen LogP contribution in [-0.4, -0.2) is 32.4 Å². The largest absolute Gasteiger partial charge is 0.350 e. The molecule has 0 unspecified atom stereocenters. The second kappa shape index (κ2) is 7.21. The first-order valence-corrected chi connectivity index (χ1v) is 11.5. The molecule has 4 aliphatic rings. The van der Waals surface area contributed by atoms with Gasteiger partial charge in [-0.05, 0) is 68.3 Å². The highest BCUT2D eigenvalue weighted by Gasteiger charge is 2.51. The number of rotatable bonds is 6. The molecule has 4 aliphatic carbocycles. The first-order chi connectivity index (χ1) is 13.6. The van der Waals surface area contributed by atoms with Gasteiger partial charge >= 0.3 is 0 Å². The van der Waals surface area contributed by atoms with E-state index in [0.29, 0.717) is 10.9 Å². The summed E-state index contributed by atoms with van der Waals surface area (Å²) in [6, 6.07) is 8.36. The van der Waals surface area contributed by atoms with Crippen LogP contribution < -0.4 is 5.32 Å². The number of thioether (sulfide) groups is 1. The molecule has 2 aromatic rings. The molecule has 1 amide bonds. The zero-order chi connectivity index (χ0) is 19.1. The maximum absolute atomic E-state index is 12.7. The van der Waals surface area contributed by atoms with Crippen molar-refractivity contribution >= 4 is 17.7 Å². The number of nitrogens with zero attached hydrogens (tertiary/aromatic N) is 2. The van der Waals surface area contributed by atoms with Crippen molar-refractivity contribution in [2.45, 2.75) is 62.6 Å². The Hall–Kier alpha value is -1.82. The van der Waals surface area contributed by atoms with Crippen LogP contribution >= 0.6 is 11.8 Å². The van der Waals surface area contributed by atoms with Gasteiger partial charge in [-0.2, -0.15) is 0 Å². The Morgan fingerprint density at radius 3 is 2.39 bits per heavy atom. The molecule has 0 aliphatic heterocycles. The number of hydrogen-bond acceptors (Lipinski definition) is 4. The molecular formula is C22H28N4OS. The number of carbonyl (C=O) groups excluding carboxylic acids is 1. The van der Waals surface area contributed by atoms with Gasteiger partial charge in [0.2, 0.25) is 11.1 Å². The highest BCUT2D eigenvalue weighted by molar-refractivity contribution is 7.99. The Morgan fingerprint density at radius 2 is 1.79 bits per heavy atom. The maximum atomic E-state index is 12.7. The average molecular weight is 397 g/mol. The molecule has 1 heterocycles. The van der Waals surface area contributed by atoms with E-state index in [9.17, 15) is 4.79 Å². The zero-order valence-electron chi connectivity index (χ0n) is 16.4. The predicted octanol–water partition coefficient (Wildman–Crippen LogP) is 4.21. The lowest BCUT2D eigenvalue weighted by Gasteiger charge is -2.56. The van der Waals surface area contributed by atoms with E-state index in [2.05, 4.69) is 51.7 Å². The number of benzene rings is 1. The minimum absolute atomic E-state index is 0.0809. The normalized spacial score (nSPS) is 30.5. The van der Waals surface area contributed by atoms with Gasteiger partial charge in [0.05, 0.1) is 5.75 Å². The van der Waals surface area contributed by atoms with Gasteiger partial charge in [-0.3, -0.25) is 9.89 Å². The van der Waals surface area contributed by atoms with Gasteiger partial charge in [-0.1, -0.05) is 43.0 Å². The summed E-state index contributed by atoms with van der Waals surface area (Å²) < 4.78 is 0. The van der Waals surface area contributed by atoms with E-state index in [1.807, 2.05) is 0 Å². The summed E-state index contributed by atoms with van der Waals surface area (Å²) in [6.07, 6.45) is 8.77. The molecular weight excluding hydrogens is 368 g/mol. The molecule has 6 heteroatoms. The quantitative estimate of drug-likeness (QED) is 0.718. The van der Waals surface area contributed by atoms with E-state index in [4.69, 9.17) is 0 Å². The second-order valence-electron chi connectivity index (χ2n) is 9.05. The van der Waals surface area contributed by atoms with Crippen molar-refractivity contribution in [3.05, 3.63) is 29.8 Å². The molecule has 0 spiro atoms. The van der Waals surface area contributed by atoms with E-state index < -0.39 is 0 Å². The molecule has 148 valence electrons. The summed E-state index contributed by atoms with van der Waals surface area (Å²) in [5.41, 5.74) is 2.41. The first kappa shape index (κ1) is 18.2. The van der Waals surface area contributed by atoms with Crippen molar-refractivity contribution in [1.82, 2.24) is 20.5 Å². The monoisotopic (exact) mass is 396 g/mol. The van der Waals surface area contributed by atoms with Crippen LogP contribution in [0.2, 0.25) is 0 Å². The van der Waals surface area contributed by atoms with Crippen LogP contribution in [0, 0.1) is 17.8 Å². The molecule has 0 saturated heterocycles. The number of aromatic amines is 1. The number of H-pyrrole nitrogens is 1. The molecule has 0 radical (unpaired) electrons. The van der Waals surface area contributed by atoms with Crippen LogP contribution in [0.3, 0.4) is 0 Å². The summed E-state index contributed by atoms with van der Waals surface area (Å²) >= 11 is 1.41. The Kier molecular flexibility index (Phi) is 4.69. The van der Waals surface area contributed by atoms with Gasteiger partial charge in [0.25, 0.3) is 0 Å². The summed E-state index contributed by atoms with van der Waals surface area (Å²) in [5, 5.41) is 11.3. The van der Waals surface area contributed by atoms with Crippen LogP contribution in [0.4, 0.5) is 0 Å². The molecule has 1 aromatic heterocycles. The summed E-state index contributed by atoms with van der Waals surface area (Å²) in [4.78, 5) is 17.2. The minimum atomic E-state index is 0.0809. The average Bonchev–Trinajstić information content (AvgIpc) is 3.14. The molecule has 28 heavy (non-hydrogen) atoms. The predicted molar refractivity (Wildman–Crippen MR) is 111 cm³/mol. The Morgan fingerprint density at radius 1 is 1.14 bits per heavy atom. The van der Waals surface area contributed by atoms with E-state index in [1.54, 1.807) is 0 Å². The highest BCUT2D eigenvalue weighted by atomic mass is 32.2. The van der Waals surface area contributed by atoms with E-state index >= 15 is 0 Å². The Labute approximate surface area is 170 Å². The third kappa shape index (κ3) is 3.59.